The van der Waals surface area contributed by atoms with Crippen LogP contribution in [-0.4, -0.2) is 23.1 Å². The van der Waals surface area contributed by atoms with Crippen LogP contribution in [0.5, 0.6) is 0 Å². The average molecular weight is 682 g/mol. The van der Waals surface area contributed by atoms with Gasteiger partial charge in [-0.05, 0) is 96.3 Å². The van der Waals surface area contributed by atoms with Gasteiger partial charge in [0.2, 0.25) is 0 Å². The number of hydrogen-bond acceptors (Lipinski definition) is 6. The standard InChI is InChI=1S/C19H10Br3ClN4O3S2/c20-13-6-3-10(27-32(29,30)11-4-1-9(23)2-5-11)7-12(13)19(28)24-16-14(21)8-15(22)17-18(16)26-31-25-17/h1-8,27H,(H,24,28). The molecule has 0 bridgehead atoms. The van der Waals surface area contributed by atoms with E-state index in [1.54, 1.807) is 18.2 Å². The van der Waals surface area contributed by atoms with Gasteiger partial charge in [-0.2, -0.15) is 8.75 Å². The summed E-state index contributed by atoms with van der Waals surface area (Å²) in [7, 11) is -3.86. The third-order valence-corrected chi connectivity index (χ3v) is 8.37. The van der Waals surface area contributed by atoms with E-state index in [2.05, 4.69) is 66.6 Å². The molecule has 4 rings (SSSR count). The second-order valence-electron chi connectivity index (χ2n) is 6.38. The van der Waals surface area contributed by atoms with Crippen LogP contribution in [0.3, 0.4) is 0 Å². The molecular formula is C19H10Br3ClN4O3S2. The van der Waals surface area contributed by atoms with Gasteiger partial charge in [0, 0.05) is 24.1 Å². The smallest absolute Gasteiger partial charge is 0.261 e. The summed E-state index contributed by atoms with van der Waals surface area (Å²) in [6.45, 7) is 0. The maximum atomic E-state index is 13.1. The van der Waals surface area contributed by atoms with Gasteiger partial charge in [0.25, 0.3) is 15.9 Å². The first kappa shape index (κ1) is 23.6. The maximum absolute atomic E-state index is 13.1. The number of nitrogens with one attached hydrogen (secondary N) is 2. The van der Waals surface area contributed by atoms with Gasteiger partial charge in [-0.1, -0.05) is 11.6 Å². The molecule has 1 aromatic heterocycles. The van der Waals surface area contributed by atoms with Gasteiger partial charge in [-0.15, -0.1) is 0 Å². The van der Waals surface area contributed by atoms with Gasteiger partial charge < -0.3 is 5.32 Å². The molecule has 0 aliphatic heterocycles. The Kier molecular flexibility index (Phi) is 6.89. The van der Waals surface area contributed by atoms with Crippen LogP contribution in [0.15, 0.2) is 66.8 Å². The van der Waals surface area contributed by atoms with Crippen LogP contribution < -0.4 is 10.0 Å². The van der Waals surface area contributed by atoms with Crippen molar-refractivity contribution in [3.8, 4) is 0 Å². The highest BCUT2D eigenvalue weighted by Gasteiger charge is 2.20. The van der Waals surface area contributed by atoms with Crippen LogP contribution >= 0.6 is 71.1 Å². The van der Waals surface area contributed by atoms with Crippen LogP contribution in [0.4, 0.5) is 11.4 Å². The number of amides is 1. The first-order valence-electron chi connectivity index (χ1n) is 8.65. The number of rotatable bonds is 5. The number of sulfonamides is 1. The highest BCUT2D eigenvalue weighted by atomic mass is 79.9. The summed E-state index contributed by atoms with van der Waals surface area (Å²) in [6.07, 6.45) is 0. The molecule has 0 saturated carbocycles. The number of hydrogen-bond donors (Lipinski definition) is 2. The van der Waals surface area contributed by atoms with Crippen molar-refractivity contribution in [1.82, 2.24) is 8.75 Å². The predicted molar refractivity (Wildman–Crippen MR) is 137 cm³/mol. The van der Waals surface area contributed by atoms with Crippen LogP contribution in [0, 0.1) is 0 Å². The normalized spacial score (nSPS) is 11.5. The molecule has 1 amide bonds. The molecule has 1 heterocycles. The number of benzene rings is 3. The third kappa shape index (κ3) is 4.85. The fraction of sp³-hybridized carbons (Fsp3) is 0. The van der Waals surface area contributed by atoms with Crippen molar-refractivity contribution in [2.45, 2.75) is 4.90 Å². The molecule has 32 heavy (non-hydrogen) atoms. The Morgan fingerprint density at radius 1 is 0.906 bits per heavy atom. The van der Waals surface area contributed by atoms with E-state index in [9.17, 15) is 13.2 Å². The van der Waals surface area contributed by atoms with Gasteiger partial charge in [-0.3, -0.25) is 9.52 Å². The molecule has 4 aromatic rings. The fourth-order valence-corrected chi connectivity index (χ4v) is 6.38. The summed E-state index contributed by atoms with van der Waals surface area (Å²) >= 11 is 17.1. The molecular weight excluding hydrogens is 672 g/mol. The average Bonchev–Trinajstić information content (AvgIpc) is 3.23. The molecule has 3 aromatic carbocycles. The van der Waals surface area contributed by atoms with E-state index in [-0.39, 0.29) is 16.1 Å². The zero-order valence-electron chi connectivity index (χ0n) is 15.6. The third-order valence-electron chi connectivity index (χ3n) is 4.27. The summed E-state index contributed by atoms with van der Waals surface area (Å²) in [5, 5.41) is 3.25. The van der Waals surface area contributed by atoms with Gasteiger partial charge in [0.15, 0.2) is 0 Å². The van der Waals surface area contributed by atoms with Crippen molar-refractivity contribution in [3.05, 3.63) is 72.5 Å². The van der Waals surface area contributed by atoms with E-state index in [0.29, 0.717) is 30.7 Å². The quantitative estimate of drug-likeness (QED) is 0.245. The minimum absolute atomic E-state index is 0.0491. The van der Waals surface area contributed by atoms with Crippen molar-refractivity contribution in [2.24, 2.45) is 0 Å². The number of halogens is 4. The minimum Gasteiger partial charge on any atom is -0.319 e. The molecule has 0 radical (unpaired) electrons. The van der Waals surface area contributed by atoms with Crippen LogP contribution in [0.2, 0.25) is 5.02 Å². The van der Waals surface area contributed by atoms with Gasteiger partial charge in [0.05, 0.1) is 27.9 Å². The van der Waals surface area contributed by atoms with Crippen LogP contribution in [0.25, 0.3) is 11.0 Å². The highest BCUT2D eigenvalue weighted by Crippen LogP contribution is 2.36. The number of carbonyl (C=O) groups is 1. The maximum Gasteiger partial charge on any atom is 0.261 e. The summed E-state index contributed by atoms with van der Waals surface area (Å²) in [5.41, 5.74) is 2.06. The van der Waals surface area contributed by atoms with E-state index in [4.69, 9.17) is 11.6 Å². The zero-order valence-corrected chi connectivity index (χ0v) is 22.7. The van der Waals surface area contributed by atoms with Gasteiger partial charge >= 0.3 is 0 Å². The number of nitrogens with zero attached hydrogens (tertiary/aromatic N) is 2. The predicted octanol–water partition coefficient (Wildman–Crippen LogP) is 6.69. The van der Waals surface area contributed by atoms with Gasteiger partial charge in [0.1, 0.15) is 11.0 Å². The van der Waals surface area contributed by atoms with E-state index < -0.39 is 15.9 Å². The summed E-state index contributed by atoms with van der Waals surface area (Å²) < 4.78 is 38.2. The van der Waals surface area contributed by atoms with E-state index in [1.165, 1.54) is 30.3 Å². The fourth-order valence-electron chi connectivity index (χ4n) is 2.76. The molecule has 164 valence electrons. The molecule has 2 N–H and O–H groups in total. The molecule has 0 aliphatic carbocycles. The highest BCUT2D eigenvalue weighted by molar-refractivity contribution is 9.11. The SMILES string of the molecule is O=C(Nc1c(Br)cc(Br)c2nsnc12)c1cc(NS(=O)(=O)c2ccc(Cl)cc2)ccc1Br. The van der Waals surface area contributed by atoms with E-state index in [0.717, 1.165) is 16.2 Å². The van der Waals surface area contributed by atoms with Crippen molar-refractivity contribution in [1.29, 1.82) is 0 Å². The van der Waals surface area contributed by atoms with Crippen molar-refractivity contribution in [3.63, 3.8) is 0 Å². The number of carbonyl (C=O) groups excluding carboxylic acids is 1. The molecule has 0 saturated heterocycles. The number of fused-ring (bicyclic) bond motifs is 1. The molecule has 0 unspecified atom stereocenters. The Hall–Kier alpha value is -1.57. The van der Waals surface area contributed by atoms with Gasteiger partial charge in [-0.25, -0.2) is 8.42 Å². The van der Waals surface area contributed by atoms with Crippen molar-refractivity contribution in [2.75, 3.05) is 10.0 Å². The molecule has 0 fully saturated rings. The van der Waals surface area contributed by atoms with Crippen molar-refractivity contribution >= 4 is 109 Å². The Labute approximate surface area is 217 Å². The lowest BCUT2D eigenvalue weighted by atomic mass is 10.2. The number of aromatic nitrogens is 2. The zero-order chi connectivity index (χ0) is 23.0. The molecule has 0 atom stereocenters. The lowest BCUT2D eigenvalue weighted by Crippen LogP contribution is -2.16. The topological polar surface area (TPSA) is 101 Å². The Bertz CT molecular complexity index is 1460. The Morgan fingerprint density at radius 3 is 2.31 bits per heavy atom. The van der Waals surface area contributed by atoms with E-state index in [1.807, 2.05) is 0 Å². The molecule has 7 nitrogen and oxygen atoms in total. The van der Waals surface area contributed by atoms with Crippen molar-refractivity contribution < 1.29 is 13.2 Å². The molecule has 13 heteroatoms. The Morgan fingerprint density at radius 2 is 1.59 bits per heavy atom. The first-order chi connectivity index (χ1) is 15.2. The van der Waals surface area contributed by atoms with Crippen LogP contribution in [0.1, 0.15) is 10.4 Å². The van der Waals surface area contributed by atoms with E-state index >= 15 is 0 Å². The minimum atomic E-state index is -3.86. The summed E-state index contributed by atoms with van der Waals surface area (Å²) in [5.74, 6) is -0.457. The summed E-state index contributed by atoms with van der Waals surface area (Å²) in [4.78, 5) is 13.1. The lowest BCUT2D eigenvalue weighted by molar-refractivity contribution is 0.102. The second-order valence-corrected chi connectivity index (χ2v) is 11.6. The largest absolute Gasteiger partial charge is 0.319 e. The second kappa shape index (κ2) is 9.35. The lowest BCUT2D eigenvalue weighted by Gasteiger charge is -2.13. The number of anilines is 2. The molecule has 0 spiro atoms. The molecule has 0 aliphatic rings. The Balaban J connectivity index is 1.64. The summed E-state index contributed by atoms with van der Waals surface area (Å²) in [6, 6.07) is 12.1. The first-order valence-corrected chi connectivity index (χ1v) is 13.6. The monoisotopic (exact) mass is 678 g/mol. The van der Waals surface area contributed by atoms with Crippen LogP contribution in [-0.2, 0) is 10.0 Å².